The van der Waals surface area contributed by atoms with Crippen LogP contribution in [0.25, 0.3) is 5.65 Å². The molecule has 1 amide bonds. The van der Waals surface area contributed by atoms with Gasteiger partial charge in [0.05, 0.1) is 18.8 Å². The fraction of sp³-hybridized carbons (Fsp3) is 0.467. The van der Waals surface area contributed by atoms with Gasteiger partial charge in [-0.15, -0.1) is 0 Å². The van der Waals surface area contributed by atoms with Crippen LogP contribution in [0.5, 0.6) is 0 Å². The maximum absolute atomic E-state index is 13.5. The quantitative estimate of drug-likeness (QED) is 0.894. The number of carbonyl (C=O) groups is 1. The van der Waals surface area contributed by atoms with Gasteiger partial charge in [0.2, 0.25) is 5.91 Å². The highest BCUT2D eigenvalue weighted by atomic mass is 19.1. The number of nitrogens with zero attached hydrogens (tertiary/aromatic N) is 2. The van der Waals surface area contributed by atoms with Crippen LogP contribution in [0.4, 0.5) is 4.39 Å². The van der Waals surface area contributed by atoms with Crippen LogP contribution in [0.3, 0.4) is 0 Å². The van der Waals surface area contributed by atoms with E-state index in [2.05, 4.69) is 10.3 Å². The van der Waals surface area contributed by atoms with Gasteiger partial charge in [0.1, 0.15) is 11.3 Å². The number of halogens is 1. The van der Waals surface area contributed by atoms with Crippen molar-refractivity contribution in [2.75, 3.05) is 6.61 Å². The van der Waals surface area contributed by atoms with E-state index in [-0.39, 0.29) is 24.7 Å². The molecule has 112 valence electrons. The summed E-state index contributed by atoms with van der Waals surface area (Å²) in [6.07, 6.45) is 2.08. The average molecular weight is 291 g/mol. The number of rotatable bonds is 4. The van der Waals surface area contributed by atoms with Crippen molar-refractivity contribution in [2.45, 2.75) is 32.0 Å². The summed E-state index contributed by atoms with van der Waals surface area (Å²) < 4.78 is 15.5. The number of fused-ring (bicyclic) bond motifs is 1. The zero-order valence-corrected chi connectivity index (χ0v) is 11.8. The number of carbonyl (C=O) groups excluding carboxylic acids is 1. The molecule has 5 nitrogen and oxygen atoms in total. The van der Waals surface area contributed by atoms with Gasteiger partial charge in [-0.05, 0) is 31.9 Å². The predicted molar refractivity (Wildman–Crippen MR) is 75.4 cm³/mol. The molecule has 2 aromatic rings. The van der Waals surface area contributed by atoms with Crippen LogP contribution in [0.2, 0.25) is 0 Å². The molecular formula is C15H18FN3O2. The summed E-state index contributed by atoms with van der Waals surface area (Å²) in [6.45, 7) is 1.80. The van der Waals surface area contributed by atoms with Crippen molar-refractivity contribution >= 4 is 11.6 Å². The third-order valence-corrected chi connectivity index (χ3v) is 4.07. The highest BCUT2D eigenvalue weighted by molar-refractivity contribution is 5.79. The number of imidazole rings is 1. The standard InChI is InChI=1S/C15H18FN3O2/c1-10-3-2-4-13-18-12(8-19(10)13)7-17-14(21)11-5-15(16,6-11)9-20/h2-4,8,11,20H,5-7,9H2,1H3,(H,17,21). The zero-order valence-electron chi connectivity index (χ0n) is 11.8. The molecule has 2 N–H and O–H groups in total. The number of nitrogens with one attached hydrogen (secondary N) is 1. The molecule has 6 heteroatoms. The number of aliphatic hydroxyl groups is 1. The van der Waals surface area contributed by atoms with Gasteiger partial charge >= 0.3 is 0 Å². The van der Waals surface area contributed by atoms with Gasteiger partial charge in [-0.1, -0.05) is 6.07 Å². The minimum Gasteiger partial charge on any atom is -0.393 e. The Hall–Kier alpha value is -1.95. The number of pyridine rings is 1. The van der Waals surface area contributed by atoms with Gasteiger partial charge in [0.15, 0.2) is 0 Å². The molecule has 1 aliphatic carbocycles. The van der Waals surface area contributed by atoms with Crippen LogP contribution in [-0.2, 0) is 11.3 Å². The molecule has 1 saturated carbocycles. The van der Waals surface area contributed by atoms with Crippen molar-refractivity contribution in [3.05, 3.63) is 35.8 Å². The van der Waals surface area contributed by atoms with Crippen LogP contribution in [-0.4, -0.2) is 32.7 Å². The first-order valence-corrected chi connectivity index (χ1v) is 7.02. The van der Waals surface area contributed by atoms with E-state index in [1.165, 1.54) is 0 Å². The SMILES string of the molecule is Cc1cccc2nc(CNC(=O)C3CC(F)(CO)C3)cn12. The van der Waals surface area contributed by atoms with E-state index in [4.69, 9.17) is 5.11 Å². The smallest absolute Gasteiger partial charge is 0.223 e. The lowest BCUT2D eigenvalue weighted by Crippen LogP contribution is -2.49. The van der Waals surface area contributed by atoms with Gasteiger partial charge in [0.25, 0.3) is 0 Å². The highest BCUT2D eigenvalue weighted by Crippen LogP contribution is 2.40. The molecule has 1 fully saturated rings. The molecule has 0 aromatic carbocycles. The molecule has 0 atom stereocenters. The molecule has 0 bridgehead atoms. The number of hydrogen-bond acceptors (Lipinski definition) is 3. The Balaban J connectivity index is 1.60. The van der Waals surface area contributed by atoms with E-state index >= 15 is 0 Å². The molecule has 2 aromatic heterocycles. The maximum atomic E-state index is 13.5. The number of amides is 1. The number of alkyl halides is 1. The second-order valence-electron chi connectivity index (χ2n) is 5.76. The Labute approximate surface area is 121 Å². The summed E-state index contributed by atoms with van der Waals surface area (Å²) in [4.78, 5) is 16.3. The van der Waals surface area contributed by atoms with Crippen LogP contribution < -0.4 is 5.32 Å². The van der Waals surface area contributed by atoms with E-state index < -0.39 is 12.3 Å². The van der Waals surface area contributed by atoms with Crippen molar-refractivity contribution in [1.82, 2.24) is 14.7 Å². The summed E-state index contributed by atoms with van der Waals surface area (Å²) in [7, 11) is 0. The molecule has 0 spiro atoms. The minimum atomic E-state index is -1.57. The molecule has 3 rings (SSSR count). The average Bonchev–Trinajstić information content (AvgIpc) is 2.86. The lowest BCUT2D eigenvalue weighted by Gasteiger charge is -2.38. The second kappa shape index (κ2) is 5.11. The molecule has 2 heterocycles. The van der Waals surface area contributed by atoms with Crippen LogP contribution in [0, 0.1) is 12.8 Å². The number of aryl methyl sites for hydroxylation is 1. The lowest BCUT2D eigenvalue weighted by atomic mass is 9.72. The second-order valence-corrected chi connectivity index (χ2v) is 5.76. The van der Waals surface area contributed by atoms with Crippen molar-refractivity contribution in [2.24, 2.45) is 5.92 Å². The topological polar surface area (TPSA) is 66.6 Å². The first-order valence-electron chi connectivity index (χ1n) is 7.02. The van der Waals surface area contributed by atoms with Crippen molar-refractivity contribution in [1.29, 1.82) is 0 Å². The van der Waals surface area contributed by atoms with Gasteiger partial charge < -0.3 is 14.8 Å². The summed E-state index contributed by atoms with van der Waals surface area (Å²) >= 11 is 0. The fourth-order valence-electron chi connectivity index (χ4n) is 2.74. The number of aromatic nitrogens is 2. The third kappa shape index (κ3) is 2.63. The lowest BCUT2D eigenvalue weighted by molar-refractivity contribution is -0.136. The first kappa shape index (κ1) is 14.0. The van der Waals surface area contributed by atoms with E-state index in [1.54, 1.807) is 0 Å². The largest absolute Gasteiger partial charge is 0.393 e. The number of hydrogen-bond donors (Lipinski definition) is 2. The number of aliphatic hydroxyl groups excluding tert-OH is 1. The van der Waals surface area contributed by atoms with Crippen LogP contribution >= 0.6 is 0 Å². The van der Waals surface area contributed by atoms with E-state index in [0.717, 1.165) is 17.0 Å². The molecular weight excluding hydrogens is 273 g/mol. The molecule has 21 heavy (non-hydrogen) atoms. The third-order valence-electron chi connectivity index (χ3n) is 4.07. The van der Waals surface area contributed by atoms with Crippen molar-refractivity contribution in [3.8, 4) is 0 Å². The van der Waals surface area contributed by atoms with Gasteiger partial charge in [-0.25, -0.2) is 9.37 Å². The van der Waals surface area contributed by atoms with Gasteiger partial charge in [0, 0.05) is 17.8 Å². The summed E-state index contributed by atoms with van der Waals surface area (Å²) in [6, 6.07) is 5.83. The Morgan fingerprint density at radius 1 is 1.57 bits per heavy atom. The molecule has 0 unspecified atom stereocenters. The first-order chi connectivity index (χ1) is 10.0. The summed E-state index contributed by atoms with van der Waals surface area (Å²) in [5.41, 5.74) is 1.11. The Bertz CT molecular complexity index is 677. The normalized spacial score (nSPS) is 24.8. The zero-order chi connectivity index (χ0) is 15.0. The summed E-state index contributed by atoms with van der Waals surface area (Å²) in [5.74, 6) is -0.522. The predicted octanol–water partition coefficient (Wildman–Crippen LogP) is 1.37. The molecule has 0 aliphatic heterocycles. The Kier molecular flexibility index (Phi) is 3.41. The van der Waals surface area contributed by atoms with Gasteiger partial charge in [-0.2, -0.15) is 0 Å². The van der Waals surface area contributed by atoms with E-state index in [9.17, 15) is 9.18 Å². The molecule has 0 saturated heterocycles. The van der Waals surface area contributed by atoms with Crippen LogP contribution in [0.15, 0.2) is 24.4 Å². The highest BCUT2D eigenvalue weighted by Gasteiger charge is 2.47. The Morgan fingerprint density at radius 2 is 2.33 bits per heavy atom. The maximum Gasteiger partial charge on any atom is 0.223 e. The van der Waals surface area contributed by atoms with Crippen molar-refractivity contribution < 1.29 is 14.3 Å². The fourth-order valence-corrected chi connectivity index (χ4v) is 2.74. The van der Waals surface area contributed by atoms with E-state index in [0.29, 0.717) is 6.54 Å². The van der Waals surface area contributed by atoms with Crippen LogP contribution in [0.1, 0.15) is 24.2 Å². The molecule has 1 aliphatic rings. The minimum absolute atomic E-state index is 0.0968. The van der Waals surface area contributed by atoms with E-state index in [1.807, 2.05) is 35.7 Å². The van der Waals surface area contributed by atoms with Crippen molar-refractivity contribution in [3.63, 3.8) is 0 Å². The molecule has 0 radical (unpaired) electrons. The van der Waals surface area contributed by atoms with Gasteiger partial charge in [-0.3, -0.25) is 4.79 Å². The monoisotopic (exact) mass is 291 g/mol. The Morgan fingerprint density at radius 3 is 3.00 bits per heavy atom. The summed E-state index contributed by atoms with van der Waals surface area (Å²) in [5, 5.41) is 11.6.